The van der Waals surface area contributed by atoms with E-state index in [2.05, 4.69) is 0 Å². The van der Waals surface area contributed by atoms with E-state index in [1.54, 1.807) is 0 Å². The molecule has 0 heterocycles. The molecule has 0 aromatic heterocycles. The molecule has 1 aromatic rings. The lowest BCUT2D eigenvalue weighted by Gasteiger charge is -2.21. The van der Waals surface area contributed by atoms with Crippen LogP contribution in [0.15, 0.2) is 18.2 Å². The molecule has 1 saturated carbocycles. The molecule has 3 nitrogen and oxygen atoms in total. The normalized spacial score (nSPS) is 16.5. The molecule has 0 spiro atoms. The highest BCUT2D eigenvalue weighted by molar-refractivity contribution is 5.95. The molecule has 2 rings (SSSR count). The van der Waals surface area contributed by atoms with E-state index in [-0.39, 0.29) is 11.3 Å². The van der Waals surface area contributed by atoms with Crippen LogP contribution >= 0.6 is 0 Å². The maximum absolute atomic E-state index is 13.2. The third-order valence-electron chi connectivity index (χ3n) is 3.45. The molecule has 0 saturated heterocycles. The standard InChI is InChI=1S/C14H18FNO2/c15-12-8-4-7-11(13(12)16)14(17)18-9-10-5-2-1-3-6-10/h4,7-8,10H,1-3,5-6,9,16H2. The molecular formula is C14H18FNO2. The number of hydrogen-bond acceptors (Lipinski definition) is 3. The maximum Gasteiger partial charge on any atom is 0.340 e. The highest BCUT2D eigenvalue weighted by Crippen LogP contribution is 2.24. The molecule has 0 aliphatic heterocycles. The number of carbonyl (C=O) groups excluding carboxylic acids is 1. The second-order valence-electron chi connectivity index (χ2n) is 4.80. The van der Waals surface area contributed by atoms with E-state index in [9.17, 15) is 9.18 Å². The molecule has 4 heteroatoms. The van der Waals surface area contributed by atoms with Crippen molar-refractivity contribution in [3.05, 3.63) is 29.6 Å². The molecule has 1 aliphatic rings. The number of halogens is 1. The smallest absolute Gasteiger partial charge is 0.340 e. The van der Waals surface area contributed by atoms with E-state index in [0.717, 1.165) is 12.8 Å². The summed E-state index contributed by atoms with van der Waals surface area (Å²) in [5, 5.41) is 0. The molecule has 1 aromatic carbocycles. The van der Waals surface area contributed by atoms with Gasteiger partial charge in [-0.2, -0.15) is 0 Å². The van der Waals surface area contributed by atoms with Crippen LogP contribution in [0.4, 0.5) is 10.1 Å². The molecular weight excluding hydrogens is 233 g/mol. The fourth-order valence-electron chi connectivity index (χ4n) is 2.34. The Morgan fingerprint density at radius 2 is 2.06 bits per heavy atom. The Labute approximate surface area is 106 Å². The van der Waals surface area contributed by atoms with Gasteiger partial charge in [0.2, 0.25) is 0 Å². The zero-order chi connectivity index (χ0) is 13.0. The number of nitrogen functional groups attached to an aromatic ring is 1. The van der Waals surface area contributed by atoms with Gasteiger partial charge in [0.15, 0.2) is 0 Å². The molecule has 18 heavy (non-hydrogen) atoms. The largest absolute Gasteiger partial charge is 0.462 e. The van der Waals surface area contributed by atoms with Gasteiger partial charge in [-0.15, -0.1) is 0 Å². The second-order valence-corrected chi connectivity index (χ2v) is 4.80. The number of esters is 1. The number of para-hydroxylation sites is 1. The molecule has 1 aliphatic carbocycles. The second kappa shape index (κ2) is 5.85. The van der Waals surface area contributed by atoms with Gasteiger partial charge in [-0.25, -0.2) is 9.18 Å². The fraction of sp³-hybridized carbons (Fsp3) is 0.500. The van der Waals surface area contributed by atoms with Crippen LogP contribution in [0.3, 0.4) is 0 Å². The lowest BCUT2D eigenvalue weighted by atomic mass is 9.90. The summed E-state index contributed by atoms with van der Waals surface area (Å²) in [6.45, 7) is 0.411. The van der Waals surface area contributed by atoms with Crippen molar-refractivity contribution in [1.82, 2.24) is 0 Å². The van der Waals surface area contributed by atoms with Crippen molar-refractivity contribution in [2.24, 2.45) is 5.92 Å². The molecule has 0 bridgehead atoms. The van der Waals surface area contributed by atoms with Gasteiger partial charge in [0.1, 0.15) is 5.82 Å². The van der Waals surface area contributed by atoms with Crippen molar-refractivity contribution < 1.29 is 13.9 Å². The number of hydrogen-bond donors (Lipinski definition) is 1. The summed E-state index contributed by atoms with van der Waals surface area (Å²) in [5.74, 6) is -0.669. The summed E-state index contributed by atoms with van der Waals surface area (Å²) in [6.07, 6.45) is 5.87. The van der Waals surface area contributed by atoms with Crippen LogP contribution in [-0.4, -0.2) is 12.6 Å². The molecule has 2 N–H and O–H groups in total. The van der Waals surface area contributed by atoms with Gasteiger partial charge in [0.25, 0.3) is 0 Å². The first-order valence-corrected chi connectivity index (χ1v) is 6.39. The first-order chi connectivity index (χ1) is 8.68. The highest BCUT2D eigenvalue weighted by atomic mass is 19.1. The van der Waals surface area contributed by atoms with Crippen molar-refractivity contribution in [2.75, 3.05) is 12.3 Å². The average molecular weight is 251 g/mol. The van der Waals surface area contributed by atoms with Crippen molar-refractivity contribution in [3.63, 3.8) is 0 Å². The van der Waals surface area contributed by atoms with Gasteiger partial charge in [-0.3, -0.25) is 0 Å². The number of ether oxygens (including phenoxy) is 1. The fourth-order valence-corrected chi connectivity index (χ4v) is 2.34. The Kier molecular flexibility index (Phi) is 4.18. The summed E-state index contributed by atoms with van der Waals surface area (Å²) in [6, 6.07) is 4.18. The number of nitrogens with two attached hydrogens (primary N) is 1. The van der Waals surface area contributed by atoms with Gasteiger partial charge in [0.05, 0.1) is 17.9 Å². The molecule has 1 fully saturated rings. The number of carbonyl (C=O) groups is 1. The van der Waals surface area contributed by atoms with Crippen molar-refractivity contribution >= 4 is 11.7 Å². The minimum Gasteiger partial charge on any atom is -0.462 e. The summed E-state index contributed by atoms with van der Waals surface area (Å²) in [4.78, 5) is 11.8. The van der Waals surface area contributed by atoms with E-state index in [1.807, 2.05) is 0 Å². The Balaban J connectivity index is 1.93. The van der Waals surface area contributed by atoms with E-state index < -0.39 is 11.8 Å². The van der Waals surface area contributed by atoms with Crippen molar-refractivity contribution in [1.29, 1.82) is 0 Å². The predicted molar refractivity (Wildman–Crippen MR) is 67.7 cm³/mol. The van der Waals surface area contributed by atoms with Crippen molar-refractivity contribution in [3.8, 4) is 0 Å². The topological polar surface area (TPSA) is 52.3 Å². The molecule has 0 amide bonds. The number of benzene rings is 1. The van der Waals surface area contributed by atoms with Crippen LogP contribution in [-0.2, 0) is 4.74 Å². The Morgan fingerprint density at radius 3 is 2.78 bits per heavy atom. The number of anilines is 1. The zero-order valence-corrected chi connectivity index (χ0v) is 10.3. The Bertz CT molecular complexity index is 428. The predicted octanol–water partition coefficient (Wildman–Crippen LogP) is 3.15. The minimum atomic E-state index is -0.581. The van der Waals surface area contributed by atoms with Gasteiger partial charge < -0.3 is 10.5 Å². The average Bonchev–Trinajstić information content (AvgIpc) is 2.40. The van der Waals surface area contributed by atoms with Crippen LogP contribution in [0.1, 0.15) is 42.5 Å². The van der Waals surface area contributed by atoms with Crippen LogP contribution in [0, 0.1) is 11.7 Å². The monoisotopic (exact) mass is 251 g/mol. The lowest BCUT2D eigenvalue weighted by Crippen LogP contribution is -2.17. The van der Waals surface area contributed by atoms with E-state index in [4.69, 9.17) is 10.5 Å². The molecule has 98 valence electrons. The zero-order valence-electron chi connectivity index (χ0n) is 10.3. The third-order valence-corrected chi connectivity index (χ3v) is 3.45. The van der Waals surface area contributed by atoms with Crippen LogP contribution in [0.5, 0.6) is 0 Å². The summed E-state index contributed by atoms with van der Waals surface area (Å²) in [5.41, 5.74) is 5.50. The molecule has 0 radical (unpaired) electrons. The maximum atomic E-state index is 13.2. The minimum absolute atomic E-state index is 0.116. The third kappa shape index (κ3) is 3.00. The number of rotatable bonds is 3. The van der Waals surface area contributed by atoms with E-state index in [1.165, 1.54) is 37.5 Å². The Hall–Kier alpha value is -1.58. The summed E-state index contributed by atoms with van der Waals surface area (Å²) >= 11 is 0. The van der Waals surface area contributed by atoms with Gasteiger partial charge >= 0.3 is 5.97 Å². The van der Waals surface area contributed by atoms with Crippen LogP contribution < -0.4 is 5.73 Å². The van der Waals surface area contributed by atoms with E-state index in [0.29, 0.717) is 12.5 Å². The SMILES string of the molecule is Nc1c(F)cccc1C(=O)OCC1CCCCC1. The van der Waals surface area contributed by atoms with Crippen LogP contribution in [0.2, 0.25) is 0 Å². The quantitative estimate of drug-likeness (QED) is 0.663. The van der Waals surface area contributed by atoms with Gasteiger partial charge in [-0.1, -0.05) is 25.3 Å². The molecule has 0 unspecified atom stereocenters. The van der Waals surface area contributed by atoms with E-state index >= 15 is 0 Å². The first kappa shape index (κ1) is 12.9. The molecule has 0 atom stereocenters. The highest BCUT2D eigenvalue weighted by Gasteiger charge is 2.18. The van der Waals surface area contributed by atoms with Gasteiger partial charge in [-0.05, 0) is 30.9 Å². The summed E-state index contributed by atoms with van der Waals surface area (Å²) in [7, 11) is 0. The van der Waals surface area contributed by atoms with Gasteiger partial charge in [0, 0.05) is 0 Å². The lowest BCUT2D eigenvalue weighted by molar-refractivity contribution is 0.0411. The first-order valence-electron chi connectivity index (χ1n) is 6.39. The van der Waals surface area contributed by atoms with Crippen LogP contribution in [0.25, 0.3) is 0 Å². The van der Waals surface area contributed by atoms with Crippen molar-refractivity contribution in [2.45, 2.75) is 32.1 Å². The summed E-state index contributed by atoms with van der Waals surface area (Å²) < 4.78 is 18.4. The Morgan fingerprint density at radius 1 is 1.33 bits per heavy atom.